The number of hydrogen-bond donors (Lipinski definition) is 2. The highest BCUT2D eigenvalue weighted by Gasteiger charge is 2.26. The molecule has 1 aromatic carbocycles. The van der Waals surface area contributed by atoms with Crippen molar-refractivity contribution >= 4 is 10.0 Å². The van der Waals surface area contributed by atoms with E-state index in [1.54, 1.807) is 12.1 Å². The van der Waals surface area contributed by atoms with Crippen molar-refractivity contribution in [1.82, 2.24) is 4.72 Å². The maximum atomic E-state index is 11.8. The van der Waals surface area contributed by atoms with Crippen LogP contribution in [0.1, 0.15) is 18.1 Å². The fourth-order valence-electron chi connectivity index (χ4n) is 2.15. The highest BCUT2D eigenvalue weighted by molar-refractivity contribution is 7.89. The number of fused-ring (bicyclic) bond motifs is 1. The van der Waals surface area contributed by atoms with Crippen LogP contribution >= 0.6 is 0 Å². The van der Waals surface area contributed by atoms with Gasteiger partial charge < -0.3 is 10.5 Å². The summed E-state index contributed by atoms with van der Waals surface area (Å²) in [6.07, 6.45) is 1.36. The predicted octanol–water partition coefficient (Wildman–Crippen LogP) is 0.419. The third-order valence-electron chi connectivity index (χ3n) is 3.17. The summed E-state index contributed by atoms with van der Waals surface area (Å²) in [5.41, 5.74) is 7.44. The Labute approximate surface area is 107 Å². The van der Waals surface area contributed by atoms with Crippen LogP contribution in [-0.4, -0.2) is 28.1 Å². The van der Waals surface area contributed by atoms with Crippen LogP contribution < -0.4 is 15.2 Å². The second kappa shape index (κ2) is 4.87. The number of nitrogens with one attached hydrogen (secondary N) is 1. The van der Waals surface area contributed by atoms with Crippen molar-refractivity contribution in [3.63, 3.8) is 0 Å². The maximum Gasteiger partial charge on any atom is 0.240 e. The van der Waals surface area contributed by atoms with E-state index in [-0.39, 0.29) is 6.10 Å². The molecule has 0 aromatic heterocycles. The smallest absolute Gasteiger partial charge is 0.240 e. The Kier molecular flexibility index (Phi) is 3.61. The van der Waals surface area contributed by atoms with Crippen LogP contribution in [0.3, 0.4) is 0 Å². The van der Waals surface area contributed by atoms with Crippen molar-refractivity contribution in [2.75, 3.05) is 13.6 Å². The van der Waals surface area contributed by atoms with Gasteiger partial charge in [0.15, 0.2) is 0 Å². The first-order valence-electron chi connectivity index (χ1n) is 5.98. The molecule has 0 radical (unpaired) electrons. The molecule has 6 heteroatoms. The molecule has 3 N–H and O–H groups in total. The SMILES string of the molecule is CCc1cc(S(=O)(=O)NC)cc2c1OC(CN)C2. The lowest BCUT2D eigenvalue weighted by molar-refractivity contribution is 0.239. The molecule has 1 atom stereocenters. The summed E-state index contributed by atoms with van der Waals surface area (Å²) in [7, 11) is -2.00. The highest BCUT2D eigenvalue weighted by atomic mass is 32.2. The fraction of sp³-hybridized carbons (Fsp3) is 0.500. The van der Waals surface area contributed by atoms with Crippen LogP contribution in [-0.2, 0) is 22.9 Å². The Balaban J connectivity index is 2.51. The fourth-order valence-corrected chi connectivity index (χ4v) is 2.98. The second-order valence-electron chi connectivity index (χ2n) is 4.31. The van der Waals surface area contributed by atoms with Gasteiger partial charge in [0.05, 0.1) is 4.90 Å². The molecular weight excluding hydrogens is 252 g/mol. The minimum absolute atomic E-state index is 0.0437. The van der Waals surface area contributed by atoms with Crippen LogP contribution in [0, 0.1) is 0 Å². The minimum atomic E-state index is -3.41. The number of benzene rings is 1. The third-order valence-corrected chi connectivity index (χ3v) is 4.56. The van der Waals surface area contributed by atoms with Crippen LogP contribution in [0.5, 0.6) is 5.75 Å². The highest BCUT2D eigenvalue weighted by Crippen LogP contribution is 2.35. The molecule has 18 heavy (non-hydrogen) atoms. The molecule has 5 nitrogen and oxygen atoms in total. The van der Waals surface area contributed by atoms with Crippen molar-refractivity contribution in [1.29, 1.82) is 0 Å². The van der Waals surface area contributed by atoms with E-state index in [4.69, 9.17) is 10.5 Å². The lowest BCUT2D eigenvalue weighted by atomic mass is 10.0. The minimum Gasteiger partial charge on any atom is -0.488 e. The van der Waals surface area contributed by atoms with Gasteiger partial charge in [-0.25, -0.2) is 13.1 Å². The van der Waals surface area contributed by atoms with Gasteiger partial charge in [-0.05, 0) is 36.7 Å². The molecular formula is C12H18N2O3S. The summed E-state index contributed by atoms with van der Waals surface area (Å²) in [6, 6.07) is 3.35. The van der Waals surface area contributed by atoms with Crippen molar-refractivity contribution < 1.29 is 13.2 Å². The normalized spacial score (nSPS) is 18.5. The average Bonchev–Trinajstić information content (AvgIpc) is 2.80. The van der Waals surface area contributed by atoms with E-state index in [1.807, 2.05) is 6.92 Å². The van der Waals surface area contributed by atoms with Gasteiger partial charge in [-0.15, -0.1) is 0 Å². The average molecular weight is 270 g/mol. The van der Waals surface area contributed by atoms with Crippen molar-refractivity contribution in [2.24, 2.45) is 5.73 Å². The summed E-state index contributed by atoms with van der Waals surface area (Å²) in [5, 5.41) is 0. The molecule has 1 aliphatic rings. The summed E-state index contributed by atoms with van der Waals surface area (Å²) >= 11 is 0. The van der Waals surface area contributed by atoms with Crippen molar-refractivity contribution in [3.05, 3.63) is 23.3 Å². The van der Waals surface area contributed by atoms with Gasteiger partial charge in [0.2, 0.25) is 10.0 Å². The van der Waals surface area contributed by atoms with Crippen LogP contribution in [0.4, 0.5) is 0 Å². The zero-order valence-corrected chi connectivity index (χ0v) is 11.4. The van der Waals surface area contributed by atoms with Gasteiger partial charge in [-0.3, -0.25) is 0 Å². The van der Waals surface area contributed by atoms with Gasteiger partial charge in [0, 0.05) is 13.0 Å². The molecule has 0 amide bonds. The maximum absolute atomic E-state index is 11.8. The summed E-state index contributed by atoms with van der Waals surface area (Å²) in [6.45, 7) is 2.41. The molecule has 1 aromatic rings. The summed E-state index contributed by atoms with van der Waals surface area (Å²) < 4.78 is 31.8. The molecule has 1 aliphatic heterocycles. The summed E-state index contributed by atoms with van der Waals surface area (Å²) in [5.74, 6) is 0.808. The molecule has 0 aliphatic carbocycles. The van der Waals surface area contributed by atoms with Crippen molar-refractivity contribution in [2.45, 2.75) is 30.8 Å². The van der Waals surface area contributed by atoms with Crippen LogP contribution in [0.2, 0.25) is 0 Å². The van der Waals surface area contributed by atoms with E-state index >= 15 is 0 Å². The van der Waals surface area contributed by atoms with Crippen LogP contribution in [0.25, 0.3) is 0 Å². The molecule has 0 spiro atoms. The number of sulfonamides is 1. The van der Waals surface area contributed by atoms with E-state index in [9.17, 15) is 8.42 Å². The zero-order valence-electron chi connectivity index (χ0n) is 10.6. The first-order chi connectivity index (χ1) is 8.51. The Morgan fingerprint density at radius 2 is 2.22 bits per heavy atom. The molecule has 2 rings (SSSR count). The molecule has 0 saturated carbocycles. The van der Waals surface area contributed by atoms with E-state index in [0.29, 0.717) is 17.9 Å². The molecule has 0 saturated heterocycles. The first kappa shape index (κ1) is 13.3. The van der Waals surface area contributed by atoms with Crippen LogP contribution in [0.15, 0.2) is 17.0 Å². The van der Waals surface area contributed by atoms with Gasteiger partial charge in [-0.2, -0.15) is 0 Å². The molecule has 1 unspecified atom stereocenters. The predicted molar refractivity (Wildman–Crippen MR) is 69.2 cm³/mol. The lowest BCUT2D eigenvalue weighted by Crippen LogP contribution is -2.24. The number of rotatable bonds is 4. The van der Waals surface area contributed by atoms with Gasteiger partial charge >= 0.3 is 0 Å². The Morgan fingerprint density at radius 3 is 2.78 bits per heavy atom. The number of nitrogens with two attached hydrogens (primary N) is 1. The van der Waals surface area contributed by atoms with E-state index in [1.165, 1.54) is 7.05 Å². The molecule has 0 bridgehead atoms. The van der Waals surface area contributed by atoms with Gasteiger partial charge in [0.25, 0.3) is 0 Å². The van der Waals surface area contributed by atoms with Gasteiger partial charge in [0.1, 0.15) is 11.9 Å². The van der Waals surface area contributed by atoms with E-state index in [0.717, 1.165) is 23.3 Å². The molecule has 0 fully saturated rings. The Hall–Kier alpha value is -1.11. The van der Waals surface area contributed by atoms with Crippen molar-refractivity contribution in [3.8, 4) is 5.75 Å². The standard InChI is InChI=1S/C12H18N2O3S/c1-3-8-5-11(18(15,16)14-2)6-9-4-10(7-13)17-12(8)9/h5-6,10,14H,3-4,7,13H2,1-2H3. The first-order valence-corrected chi connectivity index (χ1v) is 7.46. The van der Waals surface area contributed by atoms with E-state index < -0.39 is 10.0 Å². The quantitative estimate of drug-likeness (QED) is 0.831. The molecule has 1 heterocycles. The molecule has 100 valence electrons. The Bertz CT molecular complexity index is 555. The monoisotopic (exact) mass is 270 g/mol. The second-order valence-corrected chi connectivity index (χ2v) is 6.20. The largest absolute Gasteiger partial charge is 0.488 e. The Morgan fingerprint density at radius 1 is 1.50 bits per heavy atom. The number of ether oxygens (including phenoxy) is 1. The van der Waals surface area contributed by atoms with Gasteiger partial charge in [-0.1, -0.05) is 6.92 Å². The summed E-state index contributed by atoms with van der Waals surface area (Å²) in [4.78, 5) is 0.293. The number of hydrogen-bond acceptors (Lipinski definition) is 4. The van der Waals surface area contributed by atoms with E-state index in [2.05, 4.69) is 4.72 Å². The number of aryl methyl sites for hydroxylation is 1. The topological polar surface area (TPSA) is 81.4 Å². The zero-order chi connectivity index (χ0) is 13.3. The lowest BCUT2D eigenvalue weighted by Gasteiger charge is -2.11. The third kappa shape index (κ3) is 2.23.